The van der Waals surface area contributed by atoms with Gasteiger partial charge in [-0.05, 0) is 30.7 Å². The highest BCUT2D eigenvalue weighted by molar-refractivity contribution is 5.25. The summed E-state index contributed by atoms with van der Waals surface area (Å²) in [6.07, 6.45) is 4.43. The summed E-state index contributed by atoms with van der Waals surface area (Å²) < 4.78 is 21.9. The van der Waals surface area contributed by atoms with E-state index < -0.39 is 0 Å². The number of nitrogens with zero attached hydrogens (tertiary/aromatic N) is 4. The Morgan fingerprint density at radius 2 is 2.07 bits per heavy atom. The van der Waals surface area contributed by atoms with Crippen molar-refractivity contribution in [1.82, 2.24) is 19.7 Å². The fourth-order valence-electron chi connectivity index (χ4n) is 3.56. The summed E-state index contributed by atoms with van der Waals surface area (Å²) >= 11 is 0. The first kappa shape index (κ1) is 18.8. The summed E-state index contributed by atoms with van der Waals surface area (Å²) in [6, 6.07) is 12.8. The maximum atomic E-state index is 14.0. The van der Waals surface area contributed by atoms with Gasteiger partial charge in [0.1, 0.15) is 11.9 Å². The second kappa shape index (κ2) is 8.63. The fourth-order valence-corrected chi connectivity index (χ4v) is 3.56. The minimum Gasteiger partial charge on any atom is -0.369 e. The number of hydrogen-bond donors (Lipinski definition) is 0. The van der Waals surface area contributed by atoms with Crippen molar-refractivity contribution in [2.75, 3.05) is 19.7 Å². The van der Waals surface area contributed by atoms with Crippen molar-refractivity contribution in [1.29, 1.82) is 0 Å². The standard InChI is InChI=1S/C22H25FN4O/c1-2-27-15-17(13-24-27)14-26-10-11-28-22(16-26)21-9-5-7-19(25-21)12-18-6-3-4-8-20(18)23/h3-9,13,15,22H,2,10-12,14,16H2,1H3. The van der Waals surface area contributed by atoms with Crippen molar-refractivity contribution in [3.63, 3.8) is 0 Å². The highest BCUT2D eigenvalue weighted by Crippen LogP contribution is 2.23. The highest BCUT2D eigenvalue weighted by atomic mass is 19.1. The number of morpholine rings is 1. The lowest BCUT2D eigenvalue weighted by Crippen LogP contribution is -2.38. The lowest BCUT2D eigenvalue weighted by Gasteiger charge is -2.32. The molecule has 1 aliphatic heterocycles. The highest BCUT2D eigenvalue weighted by Gasteiger charge is 2.23. The van der Waals surface area contributed by atoms with E-state index in [9.17, 15) is 4.39 Å². The third kappa shape index (κ3) is 4.46. The van der Waals surface area contributed by atoms with Crippen LogP contribution < -0.4 is 0 Å². The maximum absolute atomic E-state index is 14.0. The topological polar surface area (TPSA) is 43.2 Å². The predicted molar refractivity (Wildman–Crippen MR) is 105 cm³/mol. The normalized spacial score (nSPS) is 17.7. The molecule has 3 heterocycles. The molecule has 1 atom stereocenters. The Hall–Kier alpha value is -2.57. The monoisotopic (exact) mass is 380 g/mol. The molecule has 0 spiro atoms. The SMILES string of the molecule is CCn1cc(CN2CCOC(c3cccc(Cc4ccccc4F)n3)C2)cn1. The van der Waals surface area contributed by atoms with Gasteiger partial charge in [-0.15, -0.1) is 0 Å². The van der Waals surface area contributed by atoms with Crippen LogP contribution in [-0.4, -0.2) is 39.4 Å². The largest absolute Gasteiger partial charge is 0.369 e. The van der Waals surface area contributed by atoms with E-state index in [1.54, 1.807) is 12.1 Å². The van der Waals surface area contributed by atoms with E-state index in [4.69, 9.17) is 9.72 Å². The zero-order chi connectivity index (χ0) is 19.3. The van der Waals surface area contributed by atoms with Crippen molar-refractivity contribution in [3.8, 4) is 0 Å². The molecular weight excluding hydrogens is 355 g/mol. The summed E-state index contributed by atoms with van der Waals surface area (Å²) in [5.41, 5.74) is 3.63. The van der Waals surface area contributed by atoms with E-state index in [0.29, 0.717) is 18.6 Å². The molecule has 1 unspecified atom stereocenters. The third-order valence-electron chi connectivity index (χ3n) is 5.06. The number of hydrogen-bond acceptors (Lipinski definition) is 4. The van der Waals surface area contributed by atoms with Crippen molar-refractivity contribution in [2.45, 2.75) is 32.5 Å². The molecule has 0 amide bonds. The lowest BCUT2D eigenvalue weighted by atomic mass is 10.1. The van der Waals surface area contributed by atoms with E-state index in [2.05, 4.69) is 23.1 Å². The summed E-state index contributed by atoms with van der Waals surface area (Å²) in [7, 11) is 0. The van der Waals surface area contributed by atoms with Crippen molar-refractivity contribution < 1.29 is 9.13 Å². The van der Waals surface area contributed by atoms with Gasteiger partial charge in [-0.3, -0.25) is 14.6 Å². The van der Waals surface area contributed by atoms with Gasteiger partial charge in [-0.25, -0.2) is 4.39 Å². The van der Waals surface area contributed by atoms with E-state index in [1.165, 1.54) is 11.6 Å². The average molecular weight is 380 g/mol. The molecule has 1 fully saturated rings. The molecule has 3 aromatic rings. The molecule has 4 rings (SSSR count). The van der Waals surface area contributed by atoms with Crippen LogP contribution in [-0.2, 0) is 24.2 Å². The number of rotatable bonds is 6. The molecule has 0 bridgehead atoms. The van der Waals surface area contributed by atoms with Crippen molar-refractivity contribution >= 4 is 0 Å². The second-order valence-corrected chi connectivity index (χ2v) is 7.12. The van der Waals surface area contributed by atoms with Crippen LogP contribution in [0.25, 0.3) is 0 Å². The van der Waals surface area contributed by atoms with Crippen LogP contribution in [0.4, 0.5) is 4.39 Å². The Bertz CT molecular complexity index is 926. The molecule has 2 aromatic heterocycles. The van der Waals surface area contributed by atoms with Crippen molar-refractivity contribution in [2.24, 2.45) is 0 Å². The molecule has 146 valence electrons. The average Bonchev–Trinajstić information content (AvgIpc) is 3.18. The van der Waals surface area contributed by atoms with E-state index in [-0.39, 0.29) is 11.9 Å². The summed E-state index contributed by atoms with van der Waals surface area (Å²) in [5, 5.41) is 4.35. The second-order valence-electron chi connectivity index (χ2n) is 7.12. The molecule has 6 heteroatoms. The predicted octanol–water partition coefficient (Wildman–Crippen LogP) is 3.60. The zero-order valence-corrected chi connectivity index (χ0v) is 16.1. The van der Waals surface area contributed by atoms with Crippen LogP contribution in [0, 0.1) is 5.82 Å². The summed E-state index contributed by atoms with van der Waals surface area (Å²) in [6.45, 7) is 6.17. The van der Waals surface area contributed by atoms with Gasteiger partial charge < -0.3 is 4.74 Å². The fraction of sp³-hybridized carbons (Fsp3) is 0.364. The summed E-state index contributed by atoms with van der Waals surface area (Å²) in [4.78, 5) is 7.13. The molecule has 1 aliphatic rings. The molecule has 0 N–H and O–H groups in total. The first-order chi connectivity index (χ1) is 13.7. The Balaban J connectivity index is 1.44. The minimum atomic E-state index is -0.192. The van der Waals surface area contributed by atoms with Gasteiger partial charge in [0.05, 0.1) is 18.5 Å². The van der Waals surface area contributed by atoms with E-state index in [1.807, 2.05) is 35.1 Å². The third-order valence-corrected chi connectivity index (χ3v) is 5.06. The Labute approximate surface area is 164 Å². The lowest BCUT2D eigenvalue weighted by molar-refractivity contribution is -0.0350. The van der Waals surface area contributed by atoms with Gasteiger partial charge in [0, 0.05) is 50.1 Å². The first-order valence-corrected chi connectivity index (χ1v) is 9.76. The van der Waals surface area contributed by atoms with E-state index >= 15 is 0 Å². The van der Waals surface area contributed by atoms with E-state index in [0.717, 1.165) is 37.6 Å². The van der Waals surface area contributed by atoms with Crippen LogP contribution >= 0.6 is 0 Å². The number of halogens is 1. The number of ether oxygens (including phenoxy) is 1. The first-order valence-electron chi connectivity index (χ1n) is 9.76. The molecule has 1 aromatic carbocycles. The Kier molecular flexibility index (Phi) is 5.78. The van der Waals surface area contributed by atoms with Gasteiger partial charge in [-0.2, -0.15) is 5.10 Å². The number of pyridine rings is 1. The molecule has 5 nitrogen and oxygen atoms in total. The molecular formula is C22H25FN4O. The van der Waals surface area contributed by atoms with Crippen LogP contribution in [0.5, 0.6) is 0 Å². The van der Waals surface area contributed by atoms with Gasteiger partial charge >= 0.3 is 0 Å². The molecule has 0 saturated carbocycles. The van der Waals surface area contributed by atoms with Crippen molar-refractivity contribution in [3.05, 3.63) is 83.2 Å². The number of aryl methyl sites for hydroxylation is 1. The minimum absolute atomic E-state index is 0.0736. The molecule has 0 radical (unpaired) electrons. The van der Waals surface area contributed by atoms with Crippen LogP contribution in [0.15, 0.2) is 54.9 Å². The van der Waals surface area contributed by atoms with Gasteiger partial charge in [-0.1, -0.05) is 24.3 Å². The van der Waals surface area contributed by atoms with Crippen LogP contribution in [0.2, 0.25) is 0 Å². The number of aromatic nitrogens is 3. The number of benzene rings is 1. The van der Waals surface area contributed by atoms with Gasteiger partial charge in [0.15, 0.2) is 0 Å². The molecule has 1 saturated heterocycles. The van der Waals surface area contributed by atoms with Gasteiger partial charge in [0.2, 0.25) is 0 Å². The van der Waals surface area contributed by atoms with Crippen LogP contribution in [0.3, 0.4) is 0 Å². The zero-order valence-electron chi connectivity index (χ0n) is 16.1. The molecule has 0 aliphatic carbocycles. The Morgan fingerprint density at radius 1 is 1.18 bits per heavy atom. The van der Waals surface area contributed by atoms with Crippen LogP contribution in [0.1, 0.15) is 35.5 Å². The summed E-state index contributed by atoms with van der Waals surface area (Å²) in [5.74, 6) is -0.192. The van der Waals surface area contributed by atoms with Gasteiger partial charge in [0.25, 0.3) is 0 Å². The molecule has 28 heavy (non-hydrogen) atoms. The smallest absolute Gasteiger partial charge is 0.126 e. The maximum Gasteiger partial charge on any atom is 0.126 e. The quantitative estimate of drug-likeness (QED) is 0.655. The Morgan fingerprint density at radius 3 is 2.89 bits per heavy atom.